The van der Waals surface area contributed by atoms with Gasteiger partial charge in [-0.2, -0.15) is 4.68 Å². The third-order valence-electron chi connectivity index (χ3n) is 6.32. The van der Waals surface area contributed by atoms with Gasteiger partial charge in [-0.05, 0) is 50.8 Å². The fourth-order valence-corrected chi connectivity index (χ4v) is 4.76. The zero-order valence-electron chi connectivity index (χ0n) is 18.0. The summed E-state index contributed by atoms with van der Waals surface area (Å²) in [6, 6.07) is 8.30. The van der Waals surface area contributed by atoms with Crippen LogP contribution in [0.25, 0.3) is 0 Å². The standard InChI is InChI=1S/C22H27N5O4/c1-21(2,3)31-20(29)25-13-16-12-22(16,14-25)15-4-6-17(7-5-15)26-10-11-30-19(26)18(28)27-9-8-23-24-27/h4-9,16,19H,10-14H2,1-3H3/t16-,19?,22?/m0/s1. The first-order chi connectivity index (χ1) is 14.8. The van der Waals surface area contributed by atoms with E-state index in [0.29, 0.717) is 25.6 Å². The molecule has 164 valence electrons. The van der Waals surface area contributed by atoms with Crippen LogP contribution in [0.5, 0.6) is 0 Å². The van der Waals surface area contributed by atoms with E-state index in [0.717, 1.165) is 18.7 Å². The van der Waals surface area contributed by atoms with Crippen LogP contribution in [0.2, 0.25) is 0 Å². The minimum atomic E-state index is -0.714. The van der Waals surface area contributed by atoms with Crippen molar-refractivity contribution in [1.29, 1.82) is 0 Å². The topological polar surface area (TPSA) is 89.8 Å². The van der Waals surface area contributed by atoms with Crippen LogP contribution in [-0.2, 0) is 14.9 Å². The van der Waals surface area contributed by atoms with Gasteiger partial charge >= 0.3 is 6.09 Å². The molecule has 1 aromatic heterocycles. The number of hydrogen-bond donors (Lipinski definition) is 0. The molecular formula is C22H27N5O4. The molecule has 3 heterocycles. The Balaban J connectivity index is 1.29. The lowest BCUT2D eigenvalue weighted by atomic mass is 9.94. The van der Waals surface area contributed by atoms with Gasteiger partial charge < -0.3 is 19.3 Å². The normalized spacial score (nSPS) is 27.3. The third kappa shape index (κ3) is 3.56. The van der Waals surface area contributed by atoms with E-state index in [4.69, 9.17) is 9.47 Å². The molecule has 2 unspecified atom stereocenters. The Morgan fingerprint density at radius 3 is 2.68 bits per heavy atom. The Kier molecular flexibility index (Phi) is 4.55. The number of anilines is 1. The molecule has 0 radical (unpaired) electrons. The fraction of sp³-hybridized carbons (Fsp3) is 0.545. The van der Waals surface area contributed by atoms with E-state index in [1.807, 2.05) is 42.7 Å². The molecule has 5 rings (SSSR count). The highest BCUT2D eigenvalue weighted by atomic mass is 16.6. The third-order valence-corrected chi connectivity index (χ3v) is 6.32. The molecule has 2 aliphatic heterocycles. The van der Waals surface area contributed by atoms with E-state index < -0.39 is 11.8 Å². The number of rotatable bonds is 3. The molecule has 0 spiro atoms. The number of fused-ring (bicyclic) bond motifs is 1. The minimum absolute atomic E-state index is 0.0207. The number of hydrogen-bond acceptors (Lipinski definition) is 7. The Labute approximate surface area is 180 Å². The van der Waals surface area contributed by atoms with Crippen molar-refractivity contribution in [2.45, 2.75) is 44.4 Å². The monoisotopic (exact) mass is 425 g/mol. The molecule has 1 saturated carbocycles. The summed E-state index contributed by atoms with van der Waals surface area (Å²) in [5.74, 6) is 0.214. The molecule has 9 heteroatoms. The zero-order chi connectivity index (χ0) is 21.8. The van der Waals surface area contributed by atoms with Gasteiger partial charge in [-0.15, -0.1) is 5.10 Å². The highest BCUT2D eigenvalue weighted by Gasteiger charge is 2.62. The summed E-state index contributed by atoms with van der Waals surface area (Å²) >= 11 is 0. The maximum absolute atomic E-state index is 12.7. The highest BCUT2D eigenvalue weighted by Crippen LogP contribution is 2.59. The number of carbonyl (C=O) groups excluding carboxylic acids is 2. The van der Waals surface area contributed by atoms with Crippen molar-refractivity contribution in [2.75, 3.05) is 31.1 Å². The lowest BCUT2D eigenvalue weighted by molar-refractivity contribution is 0.0270. The average Bonchev–Trinajstić information content (AvgIpc) is 3.22. The first-order valence-corrected chi connectivity index (χ1v) is 10.6. The van der Waals surface area contributed by atoms with Crippen LogP contribution in [0.1, 0.15) is 37.6 Å². The molecule has 0 N–H and O–H groups in total. The van der Waals surface area contributed by atoms with Crippen molar-refractivity contribution in [2.24, 2.45) is 5.92 Å². The van der Waals surface area contributed by atoms with Gasteiger partial charge in [0.05, 0.1) is 19.0 Å². The molecule has 1 amide bonds. The number of piperidine rings is 1. The van der Waals surface area contributed by atoms with E-state index in [1.165, 1.54) is 22.6 Å². The summed E-state index contributed by atoms with van der Waals surface area (Å²) in [5, 5.41) is 7.48. The summed E-state index contributed by atoms with van der Waals surface area (Å²) in [5.41, 5.74) is 1.69. The second-order valence-electron chi connectivity index (χ2n) is 9.57. The Morgan fingerprint density at radius 2 is 2.00 bits per heavy atom. The Morgan fingerprint density at radius 1 is 1.23 bits per heavy atom. The number of ether oxygens (including phenoxy) is 2. The van der Waals surface area contributed by atoms with Gasteiger partial charge in [-0.3, -0.25) is 4.79 Å². The van der Waals surface area contributed by atoms with Crippen LogP contribution in [0, 0.1) is 5.92 Å². The van der Waals surface area contributed by atoms with Gasteiger partial charge in [0.25, 0.3) is 5.91 Å². The Bertz CT molecular complexity index is 984. The molecule has 31 heavy (non-hydrogen) atoms. The molecular weight excluding hydrogens is 398 g/mol. The summed E-state index contributed by atoms with van der Waals surface area (Å²) < 4.78 is 12.4. The smallest absolute Gasteiger partial charge is 0.410 e. The van der Waals surface area contributed by atoms with Gasteiger partial charge in [-0.1, -0.05) is 17.3 Å². The molecule has 0 bridgehead atoms. The van der Waals surface area contributed by atoms with E-state index in [-0.39, 0.29) is 17.4 Å². The van der Waals surface area contributed by atoms with E-state index in [1.54, 1.807) is 0 Å². The van der Waals surface area contributed by atoms with Gasteiger partial charge in [0, 0.05) is 30.7 Å². The molecule has 1 aromatic carbocycles. The lowest BCUT2D eigenvalue weighted by Gasteiger charge is -2.27. The van der Waals surface area contributed by atoms with Crippen molar-refractivity contribution in [1.82, 2.24) is 19.9 Å². The summed E-state index contributed by atoms with van der Waals surface area (Å²) in [6.45, 7) is 8.20. The number of benzene rings is 1. The van der Waals surface area contributed by atoms with Crippen molar-refractivity contribution >= 4 is 17.7 Å². The van der Waals surface area contributed by atoms with E-state index >= 15 is 0 Å². The quantitative estimate of drug-likeness (QED) is 0.745. The molecule has 9 nitrogen and oxygen atoms in total. The number of carbonyl (C=O) groups is 2. The van der Waals surface area contributed by atoms with Crippen molar-refractivity contribution in [3.8, 4) is 0 Å². The summed E-state index contributed by atoms with van der Waals surface area (Å²) in [6.07, 6.45) is 3.13. The first kappa shape index (κ1) is 20.0. The first-order valence-electron chi connectivity index (χ1n) is 10.6. The van der Waals surface area contributed by atoms with Crippen molar-refractivity contribution < 1.29 is 19.1 Å². The van der Waals surface area contributed by atoms with Gasteiger partial charge in [0.15, 0.2) is 0 Å². The maximum atomic E-state index is 12.7. The molecule has 3 fully saturated rings. The summed E-state index contributed by atoms with van der Waals surface area (Å²) in [4.78, 5) is 28.9. The van der Waals surface area contributed by atoms with Crippen LogP contribution >= 0.6 is 0 Å². The molecule has 2 aromatic rings. The average molecular weight is 425 g/mol. The Hall–Kier alpha value is -2.94. The number of nitrogens with zero attached hydrogens (tertiary/aromatic N) is 5. The number of likely N-dealkylation sites (tertiary alicyclic amines) is 1. The van der Waals surface area contributed by atoms with Crippen LogP contribution < -0.4 is 4.90 Å². The second kappa shape index (κ2) is 7.05. The predicted molar refractivity (Wildman–Crippen MR) is 112 cm³/mol. The number of aromatic nitrogens is 3. The SMILES string of the molecule is CC(C)(C)OC(=O)N1C[C@@H]2CC2(c2ccc(N3CCOC3C(=O)n3ccnn3)cc2)C1. The molecule has 2 saturated heterocycles. The predicted octanol–water partition coefficient (Wildman–Crippen LogP) is 2.29. The van der Waals surface area contributed by atoms with Crippen LogP contribution in [-0.4, -0.2) is 70.0 Å². The van der Waals surface area contributed by atoms with Gasteiger partial charge in [-0.25, -0.2) is 4.79 Å². The van der Waals surface area contributed by atoms with E-state index in [9.17, 15) is 9.59 Å². The van der Waals surface area contributed by atoms with Gasteiger partial charge in [0.2, 0.25) is 6.23 Å². The second-order valence-corrected chi connectivity index (χ2v) is 9.57. The fourth-order valence-electron chi connectivity index (χ4n) is 4.76. The van der Waals surface area contributed by atoms with Crippen molar-refractivity contribution in [3.63, 3.8) is 0 Å². The molecule has 3 atom stereocenters. The summed E-state index contributed by atoms with van der Waals surface area (Å²) in [7, 11) is 0. The van der Waals surface area contributed by atoms with Crippen LogP contribution in [0.4, 0.5) is 10.5 Å². The van der Waals surface area contributed by atoms with Crippen LogP contribution in [0.15, 0.2) is 36.7 Å². The van der Waals surface area contributed by atoms with Crippen molar-refractivity contribution in [3.05, 3.63) is 42.2 Å². The zero-order valence-corrected chi connectivity index (χ0v) is 18.0. The highest BCUT2D eigenvalue weighted by molar-refractivity contribution is 5.85. The molecule has 3 aliphatic rings. The van der Waals surface area contributed by atoms with Crippen LogP contribution in [0.3, 0.4) is 0 Å². The van der Waals surface area contributed by atoms with Gasteiger partial charge in [0.1, 0.15) is 5.60 Å². The lowest BCUT2D eigenvalue weighted by Crippen LogP contribution is -2.40. The minimum Gasteiger partial charge on any atom is -0.444 e. The largest absolute Gasteiger partial charge is 0.444 e. The maximum Gasteiger partial charge on any atom is 0.410 e. The molecule has 1 aliphatic carbocycles. The number of amides is 1. The van der Waals surface area contributed by atoms with E-state index in [2.05, 4.69) is 22.4 Å².